The van der Waals surface area contributed by atoms with Crippen molar-refractivity contribution < 1.29 is 4.79 Å². The maximum absolute atomic E-state index is 11.6. The van der Waals surface area contributed by atoms with Crippen LogP contribution in [0.1, 0.15) is 33.1 Å². The van der Waals surface area contributed by atoms with Crippen molar-refractivity contribution in [2.45, 2.75) is 38.6 Å². The molecule has 1 saturated heterocycles. The number of nitriles is 1. The molecule has 1 aliphatic rings. The number of hydrogen-bond donors (Lipinski definition) is 1. The Hall–Kier alpha value is -1.24. The van der Waals surface area contributed by atoms with Gasteiger partial charge in [0.2, 0.25) is 0 Å². The molecular weight excluding hydrogens is 178 g/mol. The SMILES string of the molecule is CCC(C#N)(CC)N1CCCNC1=O. The fourth-order valence-corrected chi connectivity index (χ4v) is 1.89. The number of hydrogen-bond acceptors (Lipinski definition) is 2. The van der Waals surface area contributed by atoms with Crippen molar-refractivity contribution in [2.24, 2.45) is 0 Å². The second-order valence-electron chi connectivity index (χ2n) is 3.59. The first-order chi connectivity index (χ1) is 6.70. The summed E-state index contributed by atoms with van der Waals surface area (Å²) in [6.07, 6.45) is 2.30. The number of urea groups is 1. The second kappa shape index (κ2) is 4.32. The number of nitrogens with one attached hydrogen (secondary N) is 1. The minimum atomic E-state index is -0.607. The molecule has 4 heteroatoms. The maximum Gasteiger partial charge on any atom is 0.318 e. The molecule has 14 heavy (non-hydrogen) atoms. The largest absolute Gasteiger partial charge is 0.338 e. The number of carbonyl (C=O) groups is 1. The molecule has 0 radical (unpaired) electrons. The van der Waals surface area contributed by atoms with Crippen molar-refractivity contribution >= 4 is 6.03 Å². The average Bonchev–Trinajstić information content (AvgIpc) is 2.24. The van der Waals surface area contributed by atoms with Gasteiger partial charge in [0.15, 0.2) is 0 Å². The van der Waals surface area contributed by atoms with Gasteiger partial charge in [-0.15, -0.1) is 0 Å². The van der Waals surface area contributed by atoms with Crippen molar-refractivity contribution in [2.75, 3.05) is 13.1 Å². The van der Waals surface area contributed by atoms with Crippen LogP contribution < -0.4 is 5.32 Å². The molecule has 1 fully saturated rings. The maximum atomic E-state index is 11.6. The highest BCUT2D eigenvalue weighted by molar-refractivity contribution is 5.76. The predicted molar refractivity (Wildman–Crippen MR) is 53.6 cm³/mol. The van der Waals surface area contributed by atoms with Gasteiger partial charge in [-0.05, 0) is 19.3 Å². The quantitative estimate of drug-likeness (QED) is 0.741. The lowest BCUT2D eigenvalue weighted by Gasteiger charge is -2.39. The van der Waals surface area contributed by atoms with Gasteiger partial charge in [0.05, 0.1) is 6.07 Å². The highest BCUT2D eigenvalue weighted by Crippen LogP contribution is 2.24. The third kappa shape index (κ3) is 1.67. The molecule has 0 bridgehead atoms. The summed E-state index contributed by atoms with van der Waals surface area (Å²) in [5.41, 5.74) is -0.607. The molecule has 1 N–H and O–H groups in total. The van der Waals surface area contributed by atoms with Gasteiger partial charge in [-0.25, -0.2) is 4.79 Å². The van der Waals surface area contributed by atoms with Gasteiger partial charge in [-0.2, -0.15) is 5.26 Å². The summed E-state index contributed by atoms with van der Waals surface area (Å²) in [6.45, 7) is 5.33. The van der Waals surface area contributed by atoms with E-state index in [0.717, 1.165) is 13.0 Å². The number of nitrogens with zero attached hydrogens (tertiary/aromatic N) is 2. The Kier molecular flexibility index (Phi) is 3.34. The first-order valence-electron chi connectivity index (χ1n) is 5.17. The van der Waals surface area contributed by atoms with E-state index in [4.69, 9.17) is 0 Å². The van der Waals surface area contributed by atoms with Crippen LogP contribution >= 0.6 is 0 Å². The van der Waals surface area contributed by atoms with Crippen LogP contribution in [-0.2, 0) is 0 Å². The Bertz CT molecular complexity index is 253. The fourth-order valence-electron chi connectivity index (χ4n) is 1.89. The van der Waals surface area contributed by atoms with E-state index in [1.165, 1.54) is 0 Å². The molecule has 0 spiro atoms. The summed E-state index contributed by atoms with van der Waals surface area (Å²) >= 11 is 0. The summed E-state index contributed by atoms with van der Waals surface area (Å²) in [6, 6.07) is 2.18. The summed E-state index contributed by atoms with van der Waals surface area (Å²) in [7, 11) is 0. The molecule has 0 aromatic heterocycles. The van der Waals surface area contributed by atoms with E-state index < -0.39 is 5.54 Å². The van der Waals surface area contributed by atoms with Crippen LogP contribution in [0.2, 0.25) is 0 Å². The molecule has 1 aliphatic heterocycles. The molecule has 2 amide bonds. The molecule has 4 nitrogen and oxygen atoms in total. The van der Waals surface area contributed by atoms with E-state index in [2.05, 4.69) is 11.4 Å². The van der Waals surface area contributed by atoms with Crippen molar-refractivity contribution in [1.29, 1.82) is 5.26 Å². The van der Waals surface area contributed by atoms with Gasteiger partial charge in [0.1, 0.15) is 5.54 Å². The van der Waals surface area contributed by atoms with Crippen LogP contribution in [0.3, 0.4) is 0 Å². The topological polar surface area (TPSA) is 56.1 Å². The van der Waals surface area contributed by atoms with E-state index in [1.807, 2.05) is 13.8 Å². The van der Waals surface area contributed by atoms with Crippen molar-refractivity contribution in [3.63, 3.8) is 0 Å². The lowest BCUT2D eigenvalue weighted by atomic mass is 9.92. The average molecular weight is 195 g/mol. The van der Waals surface area contributed by atoms with Crippen LogP contribution in [0.4, 0.5) is 4.79 Å². The lowest BCUT2D eigenvalue weighted by molar-refractivity contribution is 0.126. The van der Waals surface area contributed by atoms with Crippen molar-refractivity contribution in [3.05, 3.63) is 0 Å². The van der Waals surface area contributed by atoms with E-state index in [-0.39, 0.29) is 6.03 Å². The van der Waals surface area contributed by atoms with Crippen molar-refractivity contribution in [3.8, 4) is 6.07 Å². The Balaban J connectivity index is 2.87. The van der Waals surface area contributed by atoms with E-state index in [0.29, 0.717) is 19.4 Å². The zero-order valence-corrected chi connectivity index (χ0v) is 8.84. The minimum absolute atomic E-state index is 0.0958. The first kappa shape index (κ1) is 10.8. The number of rotatable bonds is 3. The molecule has 0 aromatic carbocycles. The molecule has 0 atom stereocenters. The fraction of sp³-hybridized carbons (Fsp3) is 0.800. The van der Waals surface area contributed by atoms with Gasteiger partial charge in [-0.3, -0.25) is 0 Å². The molecular formula is C10H17N3O. The van der Waals surface area contributed by atoms with Crippen LogP contribution in [-0.4, -0.2) is 29.6 Å². The highest BCUT2D eigenvalue weighted by Gasteiger charge is 2.37. The first-order valence-corrected chi connectivity index (χ1v) is 5.17. The third-order valence-electron chi connectivity index (χ3n) is 2.97. The molecule has 1 rings (SSSR count). The summed E-state index contributed by atoms with van der Waals surface area (Å²) < 4.78 is 0. The van der Waals surface area contributed by atoms with Gasteiger partial charge >= 0.3 is 6.03 Å². The minimum Gasteiger partial charge on any atom is -0.338 e. The van der Waals surface area contributed by atoms with Crippen molar-refractivity contribution in [1.82, 2.24) is 10.2 Å². The van der Waals surface area contributed by atoms with Crippen LogP contribution in [0.15, 0.2) is 0 Å². The van der Waals surface area contributed by atoms with Crippen LogP contribution in [0.5, 0.6) is 0 Å². The van der Waals surface area contributed by atoms with E-state index in [9.17, 15) is 10.1 Å². The third-order valence-corrected chi connectivity index (χ3v) is 2.97. The molecule has 0 unspecified atom stereocenters. The number of carbonyl (C=O) groups excluding carboxylic acids is 1. The summed E-state index contributed by atoms with van der Waals surface area (Å²) in [5, 5.41) is 12.0. The summed E-state index contributed by atoms with van der Waals surface area (Å²) in [4.78, 5) is 13.3. The Morgan fingerprint density at radius 1 is 1.57 bits per heavy atom. The van der Waals surface area contributed by atoms with Crippen LogP contribution in [0, 0.1) is 11.3 Å². The predicted octanol–water partition coefficient (Wildman–Crippen LogP) is 1.48. The molecule has 0 saturated carbocycles. The Morgan fingerprint density at radius 2 is 2.21 bits per heavy atom. The normalized spacial score (nSPS) is 17.5. The molecule has 78 valence electrons. The Morgan fingerprint density at radius 3 is 2.64 bits per heavy atom. The molecule has 0 aromatic rings. The van der Waals surface area contributed by atoms with Gasteiger partial charge in [0.25, 0.3) is 0 Å². The zero-order chi connectivity index (χ0) is 10.6. The second-order valence-corrected chi connectivity index (χ2v) is 3.59. The van der Waals surface area contributed by atoms with Gasteiger partial charge < -0.3 is 10.2 Å². The lowest BCUT2D eigenvalue weighted by Crippen LogP contribution is -2.57. The van der Waals surface area contributed by atoms with E-state index >= 15 is 0 Å². The van der Waals surface area contributed by atoms with Crippen LogP contribution in [0.25, 0.3) is 0 Å². The standard InChI is InChI=1S/C10H17N3O/c1-3-10(4-2,8-11)13-7-5-6-12-9(13)14/h3-7H2,1-2H3,(H,12,14). The summed E-state index contributed by atoms with van der Waals surface area (Å²) in [5.74, 6) is 0. The molecule has 1 heterocycles. The number of amides is 2. The zero-order valence-electron chi connectivity index (χ0n) is 8.84. The van der Waals surface area contributed by atoms with Gasteiger partial charge in [0, 0.05) is 13.1 Å². The molecule has 0 aliphatic carbocycles. The highest BCUT2D eigenvalue weighted by atomic mass is 16.2. The smallest absolute Gasteiger partial charge is 0.318 e. The monoisotopic (exact) mass is 195 g/mol. The van der Waals surface area contributed by atoms with E-state index in [1.54, 1.807) is 4.90 Å². The Labute approximate surface area is 84.9 Å². The van der Waals surface area contributed by atoms with Gasteiger partial charge in [-0.1, -0.05) is 13.8 Å².